The number of hydrogen-bond donors (Lipinski definition) is 0. The molecule has 0 aliphatic carbocycles. The Kier molecular flexibility index (Phi) is 5.23. The molecule has 1 atom stereocenters. The van der Waals surface area contributed by atoms with E-state index in [2.05, 4.69) is 17.1 Å². The van der Waals surface area contributed by atoms with E-state index in [1.165, 1.54) is 5.56 Å². The number of aromatic nitrogens is 2. The molecule has 1 spiro atoms. The Bertz CT molecular complexity index is 822. The summed E-state index contributed by atoms with van der Waals surface area (Å²) >= 11 is 0. The number of carbonyl (C=O) groups is 1. The summed E-state index contributed by atoms with van der Waals surface area (Å²) in [5, 5.41) is 8.60. The van der Waals surface area contributed by atoms with Crippen LogP contribution in [0.5, 0.6) is 0 Å². The molecule has 2 aromatic rings. The average Bonchev–Trinajstić information content (AvgIpc) is 3.34. The number of hydrogen-bond acceptors (Lipinski definition) is 5. The number of carbonyl (C=O) groups excluding carboxylic acids is 1. The lowest BCUT2D eigenvalue weighted by Crippen LogP contribution is -2.37. The maximum atomic E-state index is 13.2. The number of ether oxygens (including phenoxy) is 1. The van der Waals surface area contributed by atoms with Crippen LogP contribution in [0.15, 0.2) is 28.7 Å². The van der Waals surface area contributed by atoms with Crippen molar-refractivity contribution in [3.8, 4) is 0 Å². The second-order valence-corrected chi connectivity index (χ2v) is 8.40. The number of rotatable bonds is 4. The minimum Gasteiger partial charge on any atom is -0.425 e. The third kappa shape index (κ3) is 3.46. The molecule has 28 heavy (non-hydrogen) atoms. The number of benzene rings is 1. The van der Waals surface area contributed by atoms with E-state index in [1.54, 1.807) is 0 Å². The molecule has 2 saturated heterocycles. The molecule has 6 heteroatoms. The molecule has 2 fully saturated rings. The molecular weight excluding hydrogens is 354 g/mol. The van der Waals surface area contributed by atoms with Crippen molar-refractivity contribution in [2.75, 3.05) is 26.3 Å². The first-order valence-corrected chi connectivity index (χ1v) is 10.3. The van der Waals surface area contributed by atoms with Crippen LogP contribution in [-0.4, -0.2) is 47.3 Å². The summed E-state index contributed by atoms with van der Waals surface area (Å²) in [6.07, 6.45) is 2.80. The van der Waals surface area contributed by atoms with Crippen LogP contribution in [0, 0.1) is 5.41 Å². The van der Waals surface area contributed by atoms with Gasteiger partial charge in [0, 0.05) is 43.2 Å². The van der Waals surface area contributed by atoms with Gasteiger partial charge in [0.05, 0.1) is 5.92 Å². The molecule has 4 rings (SSSR count). The Morgan fingerprint density at radius 2 is 1.93 bits per heavy atom. The third-order valence-corrected chi connectivity index (χ3v) is 6.28. The number of nitrogens with zero attached hydrogens (tertiary/aromatic N) is 3. The molecule has 0 radical (unpaired) electrons. The van der Waals surface area contributed by atoms with E-state index in [0.717, 1.165) is 44.6 Å². The largest absolute Gasteiger partial charge is 0.425 e. The maximum absolute atomic E-state index is 13.2. The van der Waals surface area contributed by atoms with Crippen LogP contribution in [-0.2, 0) is 11.2 Å². The Morgan fingerprint density at radius 1 is 1.21 bits per heavy atom. The van der Waals surface area contributed by atoms with E-state index in [0.29, 0.717) is 18.3 Å². The van der Waals surface area contributed by atoms with E-state index < -0.39 is 0 Å². The Labute approximate surface area is 166 Å². The summed E-state index contributed by atoms with van der Waals surface area (Å²) in [5.41, 5.74) is 1.94. The summed E-state index contributed by atoms with van der Waals surface area (Å²) in [7, 11) is 0. The molecule has 2 aliphatic rings. The van der Waals surface area contributed by atoms with Gasteiger partial charge in [0.15, 0.2) is 0 Å². The first-order chi connectivity index (χ1) is 13.5. The van der Waals surface area contributed by atoms with Crippen molar-refractivity contribution >= 4 is 5.91 Å². The minimum atomic E-state index is -0.0436. The number of amides is 1. The average molecular weight is 383 g/mol. The van der Waals surface area contributed by atoms with Gasteiger partial charge in [-0.2, -0.15) is 0 Å². The SMILES string of the molecule is CCc1ccc(C(=O)N2CC(c3nnc(C(C)C)o3)C3(CCOCC3)C2)cc1. The summed E-state index contributed by atoms with van der Waals surface area (Å²) in [6, 6.07) is 7.96. The van der Waals surface area contributed by atoms with Gasteiger partial charge < -0.3 is 14.1 Å². The zero-order valence-corrected chi connectivity index (χ0v) is 17.0. The molecule has 0 bridgehead atoms. The molecule has 0 saturated carbocycles. The van der Waals surface area contributed by atoms with Crippen LogP contribution in [0.4, 0.5) is 0 Å². The van der Waals surface area contributed by atoms with Crippen LogP contribution < -0.4 is 0 Å². The lowest BCUT2D eigenvalue weighted by atomic mass is 9.72. The van der Waals surface area contributed by atoms with Crippen LogP contribution in [0.2, 0.25) is 0 Å². The molecular formula is C22H29N3O3. The molecule has 1 unspecified atom stereocenters. The highest BCUT2D eigenvalue weighted by molar-refractivity contribution is 5.94. The van der Waals surface area contributed by atoms with Crippen LogP contribution in [0.25, 0.3) is 0 Å². The van der Waals surface area contributed by atoms with E-state index in [1.807, 2.05) is 43.0 Å². The van der Waals surface area contributed by atoms with Crippen LogP contribution in [0.1, 0.15) is 73.2 Å². The van der Waals surface area contributed by atoms with Gasteiger partial charge in [0.2, 0.25) is 11.8 Å². The summed E-state index contributed by atoms with van der Waals surface area (Å²) in [6.45, 7) is 8.98. The molecule has 1 amide bonds. The van der Waals surface area contributed by atoms with E-state index in [-0.39, 0.29) is 23.2 Å². The predicted octanol–water partition coefficient (Wildman–Crippen LogP) is 3.79. The van der Waals surface area contributed by atoms with Crippen molar-refractivity contribution in [1.82, 2.24) is 15.1 Å². The van der Waals surface area contributed by atoms with Crippen molar-refractivity contribution in [3.05, 3.63) is 47.2 Å². The fourth-order valence-electron chi connectivity index (χ4n) is 4.43. The van der Waals surface area contributed by atoms with Crippen LogP contribution >= 0.6 is 0 Å². The first kappa shape index (κ1) is 19.1. The van der Waals surface area contributed by atoms with Gasteiger partial charge in [-0.25, -0.2) is 0 Å². The van der Waals surface area contributed by atoms with Crippen molar-refractivity contribution in [2.45, 2.75) is 51.9 Å². The van der Waals surface area contributed by atoms with Gasteiger partial charge in [-0.15, -0.1) is 10.2 Å². The normalized spacial score (nSPS) is 21.6. The molecule has 150 valence electrons. The summed E-state index contributed by atoms with van der Waals surface area (Å²) in [4.78, 5) is 15.2. The zero-order valence-electron chi connectivity index (χ0n) is 17.0. The standard InChI is InChI=1S/C22H29N3O3/c1-4-16-5-7-17(8-6-16)21(26)25-13-18(20-24-23-19(28-20)15(2)3)22(14-25)9-11-27-12-10-22/h5-8,15,18H,4,9-14H2,1-3H3. The molecule has 6 nitrogen and oxygen atoms in total. The third-order valence-electron chi connectivity index (χ3n) is 6.28. The van der Waals surface area contributed by atoms with Gasteiger partial charge in [0.25, 0.3) is 5.91 Å². The Morgan fingerprint density at radius 3 is 2.54 bits per heavy atom. The van der Waals surface area contributed by atoms with Gasteiger partial charge >= 0.3 is 0 Å². The van der Waals surface area contributed by atoms with Crippen molar-refractivity contribution in [1.29, 1.82) is 0 Å². The fraction of sp³-hybridized carbons (Fsp3) is 0.591. The predicted molar refractivity (Wildman–Crippen MR) is 105 cm³/mol. The highest BCUT2D eigenvalue weighted by Gasteiger charge is 2.51. The molecule has 1 aromatic carbocycles. The zero-order chi connectivity index (χ0) is 19.7. The lowest BCUT2D eigenvalue weighted by molar-refractivity contribution is 0.00888. The van der Waals surface area contributed by atoms with Crippen molar-refractivity contribution < 1.29 is 13.9 Å². The Hall–Kier alpha value is -2.21. The van der Waals surface area contributed by atoms with Gasteiger partial charge in [-0.1, -0.05) is 32.9 Å². The van der Waals surface area contributed by atoms with Crippen LogP contribution in [0.3, 0.4) is 0 Å². The summed E-state index contributed by atoms with van der Waals surface area (Å²) < 4.78 is 11.6. The first-order valence-electron chi connectivity index (χ1n) is 10.3. The Balaban J connectivity index is 1.60. The van der Waals surface area contributed by atoms with Crippen molar-refractivity contribution in [3.63, 3.8) is 0 Å². The second kappa shape index (κ2) is 7.66. The highest BCUT2D eigenvalue weighted by Crippen LogP contribution is 2.49. The minimum absolute atomic E-state index is 0.0436. The van der Waals surface area contributed by atoms with E-state index in [4.69, 9.17) is 9.15 Å². The van der Waals surface area contributed by atoms with E-state index >= 15 is 0 Å². The highest BCUT2D eigenvalue weighted by atomic mass is 16.5. The monoisotopic (exact) mass is 383 g/mol. The molecule has 0 N–H and O–H groups in total. The van der Waals surface area contributed by atoms with E-state index in [9.17, 15) is 4.79 Å². The second-order valence-electron chi connectivity index (χ2n) is 8.40. The van der Waals surface area contributed by atoms with Gasteiger partial charge in [0.1, 0.15) is 0 Å². The lowest BCUT2D eigenvalue weighted by Gasteiger charge is -2.36. The van der Waals surface area contributed by atoms with Gasteiger partial charge in [-0.3, -0.25) is 4.79 Å². The fourth-order valence-corrected chi connectivity index (χ4v) is 4.43. The molecule has 1 aromatic heterocycles. The topological polar surface area (TPSA) is 68.5 Å². The molecule has 3 heterocycles. The summed E-state index contributed by atoms with van der Waals surface area (Å²) in [5.74, 6) is 1.68. The molecule has 2 aliphatic heterocycles. The smallest absolute Gasteiger partial charge is 0.253 e. The van der Waals surface area contributed by atoms with Gasteiger partial charge in [-0.05, 0) is 37.0 Å². The van der Waals surface area contributed by atoms with Crippen molar-refractivity contribution in [2.24, 2.45) is 5.41 Å². The number of likely N-dealkylation sites (tertiary alicyclic amines) is 1. The maximum Gasteiger partial charge on any atom is 0.253 e. The number of aryl methyl sites for hydroxylation is 1. The quantitative estimate of drug-likeness (QED) is 0.803.